The van der Waals surface area contributed by atoms with Gasteiger partial charge < -0.3 is 16.0 Å². The standard InChI is InChI=1S/C19H39N5O.HI/c1-6-23(7-2)17(11-15(3)4)13-22-19(21-5)24-10-8-9-16(14-24)12-18(20)25;/h15-17H,6-14H2,1-5H3,(H2,20,25)(H,21,22);1H. The molecule has 0 aromatic heterocycles. The molecule has 3 N–H and O–H groups in total. The van der Waals surface area contributed by atoms with E-state index >= 15 is 0 Å². The number of halogens is 1. The lowest BCUT2D eigenvalue weighted by molar-refractivity contribution is -0.119. The third-order valence-electron chi connectivity index (χ3n) is 5.09. The fourth-order valence-electron chi connectivity index (χ4n) is 3.90. The van der Waals surface area contributed by atoms with Gasteiger partial charge >= 0.3 is 0 Å². The number of hydrogen-bond donors (Lipinski definition) is 2. The van der Waals surface area contributed by atoms with E-state index in [1.165, 1.54) is 6.42 Å². The third kappa shape index (κ3) is 8.88. The van der Waals surface area contributed by atoms with E-state index in [1.54, 1.807) is 0 Å². The number of rotatable bonds is 9. The number of piperidine rings is 1. The molecular formula is C19H40IN5O. The van der Waals surface area contributed by atoms with Crippen LogP contribution in [0.5, 0.6) is 0 Å². The number of carbonyl (C=O) groups excluding carboxylic acids is 1. The third-order valence-corrected chi connectivity index (χ3v) is 5.09. The molecule has 154 valence electrons. The summed E-state index contributed by atoms with van der Waals surface area (Å²) in [6.07, 6.45) is 3.81. The highest BCUT2D eigenvalue weighted by molar-refractivity contribution is 14.0. The molecule has 1 aliphatic heterocycles. The number of carbonyl (C=O) groups is 1. The minimum Gasteiger partial charge on any atom is -0.370 e. The van der Waals surface area contributed by atoms with Gasteiger partial charge in [0.2, 0.25) is 5.91 Å². The molecular weight excluding hydrogens is 441 g/mol. The summed E-state index contributed by atoms with van der Waals surface area (Å²) < 4.78 is 0. The molecule has 0 aromatic carbocycles. The second kappa shape index (κ2) is 13.6. The van der Waals surface area contributed by atoms with Crippen LogP contribution in [0, 0.1) is 11.8 Å². The number of aliphatic imine (C=N–C) groups is 1. The van der Waals surface area contributed by atoms with Crippen molar-refractivity contribution in [3.63, 3.8) is 0 Å². The van der Waals surface area contributed by atoms with Crippen LogP contribution in [0.25, 0.3) is 0 Å². The molecule has 6 nitrogen and oxygen atoms in total. The summed E-state index contributed by atoms with van der Waals surface area (Å²) in [4.78, 5) is 20.5. The summed E-state index contributed by atoms with van der Waals surface area (Å²) in [6, 6.07) is 0.512. The Morgan fingerprint density at radius 2 is 2.00 bits per heavy atom. The van der Waals surface area contributed by atoms with Gasteiger partial charge in [0.15, 0.2) is 5.96 Å². The van der Waals surface area contributed by atoms with Gasteiger partial charge in [0.05, 0.1) is 0 Å². The zero-order valence-electron chi connectivity index (χ0n) is 17.3. The Morgan fingerprint density at radius 3 is 2.50 bits per heavy atom. The van der Waals surface area contributed by atoms with Crippen molar-refractivity contribution in [2.75, 3.05) is 39.8 Å². The highest BCUT2D eigenvalue weighted by Gasteiger charge is 2.24. The van der Waals surface area contributed by atoms with Crippen molar-refractivity contribution in [3.05, 3.63) is 0 Å². The van der Waals surface area contributed by atoms with Gasteiger partial charge in [-0.05, 0) is 44.2 Å². The minimum atomic E-state index is -0.201. The number of nitrogens with two attached hydrogens (primary N) is 1. The molecule has 2 atom stereocenters. The zero-order chi connectivity index (χ0) is 18.8. The van der Waals surface area contributed by atoms with Crippen LogP contribution in [0.1, 0.15) is 53.4 Å². The van der Waals surface area contributed by atoms with Gasteiger partial charge in [-0.1, -0.05) is 27.7 Å². The number of primary amides is 1. The monoisotopic (exact) mass is 481 g/mol. The number of nitrogens with zero attached hydrogens (tertiary/aromatic N) is 3. The first-order chi connectivity index (χ1) is 11.9. The number of nitrogens with one attached hydrogen (secondary N) is 1. The maximum absolute atomic E-state index is 11.2. The quantitative estimate of drug-likeness (QED) is 0.302. The van der Waals surface area contributed by atoms with Gasteiger partial charge in [-0.15, -0.1) is 24.0 Å². The molecule has 2 unspecified atom stereocenters. The SMILES string of the molecule is CCN(CC)C(CNC(=NC)N1CCCC(CC(N)=O)C1)CC(C)C.I. The topological polar surface area (TPSA) is 74.0 Å². The predicted octanol–water partition coefficient (Wildman–Crippen LogP) is 2.52. The lowest BCUT2D eigenvalue weighted by Crippen LogP contribution is -2.51. The van der Waals surface area contributed by atoms with Crippen molar-refractivity contribution >= 4 is 35.8 Å². The largest absolute Gasteiger partial charge is 0.370 e. The smallest absolute Gasteiger partial charge is 0.217 e. The van der Waals surface area contributed by atoms with Crippen molar-refractivity contribution in [2.24, 2.45) is 22.6 Å². The first kappa shape index (κ1) is 25.4. The molecule has 0 saturated carbocycles. The van der Waals surface area contributed by atoms with E-state index in [-0.39, 0.29) is 29.9 Å². The highest BCUT2D eigenvalue weighted by atomic mass is 127. The van der Waals surface area contributed by atoms with Crippen LogP contribution in [0.2, 0.25) is 0 Å². The average Bonchev–Trinajstić information content (AvgIpc) is 2.55. The molecule has 0 aliphatic carbocycles. The first-order valence-corrected chi connectivity index (χ1v) is 9.89. The van der Waals surface area contributed by atoms with E-state index in [0.29, 0.717) is 24.3 Å². The summed E-state index contributed by atoms with van der Waals surface area (Å²) >= 11 is 0. The van der Waals surface area contributed by atoms with Crippen LogP contribution in [0.4, 0.5) is 0 Å². The summed E-state index contributed by atoms with van der Waals surface area (Å²) in [5, 5.41) is 3.59. The van der Waals surface area contributed by atoms with Crippen molar-refractivity contribution in [1.29, 1.82) is 0 Å². The molecule has 1 saturated heterocycles. The fourth-order valence-corrected chi connectivity index (χ4v) is 3.90. The minimum absolute atomic E-state index is 0. The van der Waals surface area contributed by atoms with E-state index in [1.807, 2.05) is 7.05 Å². The van der Waals surface area contributed by atoms with Gasteiger partial charge in [-0.3, -0.25) is 14.7 Å². The van der Waals surface area contributed by atoms with Crippen molar-refractivity contribution in [1.82, 2.24) is 15.1 Å². The van der Waals surface area contributed by atoms with Crippen molar-refractivity contribution in [2.45, 2.75) is 59.4 Å². The van der Waals surface area contributed by atoms with Crippen LogP contribution < -0.4 is 11.1 Å². The average molecular weight is 481 g/mol. The number of hydrogen-bond acceptors (Lipinski definition) is 3. The molecule has 1 amide bonds. The fraction of sp³-hybridized carbons (Fsp3) is 0.895. The summed E-state index contributed by atoms with van der Waals surface area (Å²) in [7, 11) is 1.84. The highest BCUT2D eigenvalue weighted by Crippen LogP contribution is 2.19. The molecule has 1 rings (SSSR count). The van der Waals surface area contributed by atoms with Gasteiger partial charge in [0, 0.05) is 39.1 Å². The van der Waals surface area contributed by atoms with Crippen LogP contribution >= 0.6 is 24.0 Å². The van der Waals surface area contributed by atoms with Crippen LogP contribution in [-0.2, 0) is 4.79 Å². The van der Waals surface area contributed by atoms with Gasteiger partial charge in [-0.25, -0.2) is 0 Å². The van der Waals surface area contributed by atoms with E-state index in [2.05, 4.69) is 47.8 Å². The van der Waals surface area contributed by atoms with Crippen LogP contribution in [0.15, 0.2) is 4.99 Å². The Kier molecular flexibility index (Phi) is 13.3. The Hall–Kier alpha value is -0.570. The Balaban J connectivity index is 0.00000625. The Labute approximate surface area is 177 Å². The number of guanidine groups is 1. The van der Waals surface area contributed by atoms with Gasteiger partial charge in [-0.2, -0.15) is 0 Å². The van der Waals surface area contributed by atoms with Crippen LogP contribution in [0.3, 0.4) is 0 Å². The number of amides is 1. The normalized spacial score (nSPS) is 19.4. The predicted molar refractivity (Wildman–Crippen MR) is 121 cm³/mol. The molecule has 0 bridgehead atoms. The molecule has 0 radical (unpaired) electrons. The number of likely N-dealkylation sites (N-methyl/N-ethyl adjacent to an activating group) is 1. The maximum Gasteiger partial charge on any atom is 0.217 e. The summed E-state index contributed by atoms with van der Waals surface area (Å²) in [6.45, 7) is 13.9. The molecule has 1 fully saturated rings. The van der Waals surface area contributed by atoms with E-state index in [0.717, 1.165) is 51.5 Å². The van der Waals surface area contributed by atoms with Crippen molar-refractivity contribution in [3.8, 4) is 0 Å². The lowest BCUT2D eigenvalue weighted by atomic mass is 9.95. The summed E-state index contributed by atoms with van der Waals surface area (Å²) in [5.41, 5.74) is 5.38. The maximum atomic E-state index is 11.2. The molecule has 7 heteroatoms. The molecule has 26 heavy (non-hydrogen) atoms. The molecule has 1 heterocycles. The Bertz CT molecular complexity index is 426. The lowest BCUT2D eigenvalue weighted by Gasteiger charge is -2.36. The first-order valence-electron chi connectivity index (χ1n) is 9.89. The van der Waals surface area contributed by atoms with E-state index in [4.69, 9.17) is 5.73 Å². The molecule has 0 spiro atoms. The molecule has 1 aliphatic rings. The molecule has 0 aromatic rings. The van der Waals surface area contributed by atoms with Crippen molar-refractivity contribution < 1.29 is 4.79 Å². The second-order valence-electron chi connectivity index (χ2n) is 7.56. The van der Waals surface area contributed by atoms with E-state index < -0.39 is 0 Å². The van der Waals surface area contributed by atoms with Gasteiger partial charge in [0.25, 0.3) is 0 Å². The van der Waals surface area contributed by atoms with Crippen LogP contribution in [-0.4, -0.2) is 67.5 Å². The van der Waals surface area contributed by atoms with Gasteiger partial charge in [0.1, 0.15) is 0 Å². The number of likely N-dealkylation sites (tertiary alicyclic amines) is 1. The second-order valence-corrected chi connectivity index (χ2v) is 7.56. The zero-order valence-corrected chi connectivity index (χ0v) is 19.7. The Morgan fingerprint density at radius 1 is 1.35 bits per heavy atom. The van der Waals surface area contributed by atoms with E-state index in [9.17, 15) is 4.79 Å². The summed E-state index contributed by atoms with van der Waals surface area (Å²) in [5.74, 6) is 1.77.